The molecule has 1 atom stereocenters. The van der Waals surface area contributed by atoms with Gasteiger partial charge in [0.25, 0.3) is 15.9 Å². The van der Waals surface area contributed by atoms with Gasteiger partial charge < -0.3 is 10.1 Å². The van der Waals surface area contributed by atoms with Crippen LogP contribution in [0, 0.1) is 0 Å². The molecule has 0 aromatic heterocycles. The summed E-state index contributed by atoms with van der Waals surface area (Å²) in [6.07, 6.45) is -0.406. The van der Waals surface area contributed by atoms with Gasteiger partial charge >= 0.3 is 0 Å². The number of amides is 1. The molecule has 33 heavy (non-hydrogen) atoms. The number of sulfonamides is 1. The maximum atomic E-state index is 13.5. The molecule has 3 aromatic carbocycles. The first-order valence-electron chi connectivity index (χ1n) is 10.6. The van der Waals surface area contributed by atoms with E-state index in [9.17, 15) is 13.2 Å². The van der Waals surface area contributed by atoms with Crippen LogP contribution >= 0.6 is 11.6 Å². The van der Waals surface area contributed by atoms with Crippen LogP contribution in [0.25, 0.3) is 0 Å². The van der Waals surface area contributed by atoms with E-state index in [2.05, 4.69) is 5.32 Å². The normalized spacial score (nSPS) is 16.0. The highest BCUT2D eigenvalue weighted by molar-refractivity contribution is 7.92. The van der Waals surface area contributed by atoms with Crippen molar-refractivity contribution >= 4 is 33.2 Å². The van der Waals surface area contributed by atoms with E-state index in [-0.39, 0.29) is 23.1 Å². The number of hydrogen-bond acceptors (Lipinski definition) is 4. The Balaban J connectivity index is 1.61. The molecule has 1 unspecified atom stereocenters. The molecular weight excluding hydrogens is 460 g/mol. The molecule has 1 N–H and O–H groups in total. The topological polar surface area (TPSA) is 75.7 Å². The number of carbonyl (C=O) groups excluding carboxylic acids is 1. The highest BCUT2D eigenvalue weighted by Crippen LogP contribution is 2.39. The van der Waals surface area contributed by atoms with Crippen LogP contribution in [0.3, 0.4) is 0 Å². The Kier molecular flexibility index (Phi) is 6.36. The van der Waals surface area contributed by atoms with Gasteiger partial charge in [0.2, 0.25) is 0 Å². The molecule has 1 heterocycles. The standard InChI is InChI=1S/C25H25ClN2O4S/c1-25(2,16-18-9-5-3-6-10-18)27-24(29)23-17-28(21-15-19(26)13-14-22(21)32-23)33(30,31)20-11-7-4-8-12-20/h3-15,23H,16-17H2,1-2H3,(H,27,29). The predicted molar refractivity (Wildman–Crippen MR) is 129 cm³/mol. The molecule has 3 aromatic rings. The number of carbonyl (C=O) groups is 1. The van der Waals surface area contributed by atoms with Crippen LogP contribution in [0.2, 0.25) is 5.02 Å². The smallest absolute Gasteiger partial charge is 0.264 e. The van der Waals surface area contributed by atoms with E-state index in [1.165, 1.54) is 22.5 Å². The van der Waals surface area contributed by atoms with Crippen LogP contribution in [0.1, 0.15) is 19.4 Å². The number of ether oxygens (including phenoxy) is 1. The highest BCUT2D eigenvalue weighted by Gasteiger charge is 2.39. The Morgan fingerprint density at radius 1 is 1.06 bits per heavy atom. The molecule has 4 rings (SSSR count). The second-order valence-corrected chi connectivity index (χ2v) is 10.9. The quantitative estimate of drug-likeness (QED) is 0.561. The zero-order valence-electron chi connectivity index (χ0n) is 18.4. The van der Waals surface area contributed by atoms with Crippen molar-refractivity contribution in [3.05, 3.63) is 89.4 Å². The monoisotopic (exact) mass is 484 g/mol. The summed E-state index contributed by atoms with van der Waals surface area (Å²) in [4.78, 5) is 13.3. The molecule has 0 bridgehead atoms. The van der Waals surface area contributed by atoms with Gasteiger partial charge in [-0.25, -0.2) is 8.42 Å². The van der Waals surface area contributed by atoms with Gasteiger partial charge in [-0.15, -0.1) is 0 Å². The summed E-state index contributed by atoms with van der Waals surface area (Å²) in [7, 11) is -3.94. The lowest BCUT2D eigenvalue weighted by Gasteiger charge is -2.36. The summed E-state index contributed by atoms with van der Waals surface area (Å²) < 4.78 is 34.0. The number of fused-ring (bicyclic) bond motifs is 1. The number of anilines is 1. The Morgan fingerprint density at radius 3 is 2.36 bits per heavy atom. The number of benzene rings is 3. The SMILES string of the molecule is CC(C)(Cc1ccccc1)NC(=O)C1CN(S(=O)(=O)c2ccccc2)c2cc(Cl)ccc2O1. The summed E-state index contributed by atoms with van der Waals surface area (Å²) in [5.41, 5.74) is 0.824. The van der Waals surface area contributed by atoms with Crippen molar-refractivity contribution in [2.75, 3.05) is 10.8 Å². The lowest BCUT2D eigenvalue weighted by atomic mass is 9.94. The van der Waals surface area contributed by atoms with E-state index in [4.69, 9.17) is 16.3 Å². The largest absolute Gasteiger partial charge is 0.476 e. The third-order valence-electron chi connectivity index (χ3n) is 5.36. The highest BCUT2D eigenvalue weighted by atomic mass is 35.5. The summed E-state index contributed by atoms with van der Waals surface area (Å²) in [5.74, 6) is -0.101. The van der Waals surface area contributed by atoms with E-state index < -0.39 is 21.7 Å². The Hall–Kier alpha value is -3.03. The molecule has 0 saturated heterocycles. The average Bonchev–Trinajstić information content (AvgIpc) is 2.79. The van der Waals surface area contributed by atoms with Crippen LogP contribution < -0.4 is 14.4 Å². The fraction of sp³-hybridized carbons (Fsp3) is 0.240. The molecule has 8 heteroatoms. The molecule has 172 valence electrons. The summed E-state index contributed by atoms with van der Waals surface area (Å²) in [6, 6.07) is 22.7. The molecule has 0 fully saturated rings. The fourth-order valence-corrected chi connectivity index (χ4v) is 5.53. The van der Waals surface area contributed by atoms with Crippen LogP contribution in [0.5, 0.6) is 5.75 Å². The predicted octanol–water partition coefficient (Wildman–Crippen LogP) is 4.43. The van der Waals surface area contributed by atoms with Crippen molar-refractivity contribution < 1.29 is 17.9 Å². The van der Waals surface area contributed by atoms with E-state index in [1.807, 2.05) is 44.2 Å². The molecular formula is C25H25ClN2O4S. The van der Waals surface area contributed by atoms with Crippen molar-refractivity contribution in [3.8, 4) is 5.75 Å². The molecule has 0 saturated carbocycles. The van der Waals surface area contributed by atoms with Gasteiger partial charge in [-0.05, 0) is 56.2 Å². The Labute approximate surface area is 199 Å². The summed E-state index contributed by atoms with van der Waals surface area (Å²) in [5, 5.41) is 3.39. The molecule has 6 nitrogen and oxygen atoms in total. The van der Waals surface area contributed by atoms with Crippen molar-refractivity contribution in [1.82, 2.24) is 5.32 Å². The van der Waals surface area contributed by atoms with Crippen LogP contribution in [-0.2, 0) is 21.2 Å². The second kappa shape index (κ2) is 9.08. The van der Waals surface area contributed by atoms with Crippen LogP contribution in [0.4, 0.5) is 5.69 Å². The lowest BCUT2D eigenvalue weighted by molar-refractivity contribution is -0.129. The number of nitrogens with zero attached hydrogens (tertiary/aromatic N) is 1. The minimum absolute atomic E-state index is 0.126. The number of halogens is 1. The van der Waals surface area contributed by atoms with Gasteiger partial charge in [-0.2, -0.15) is 0 Å². The fourth-order valence-electron chi connectivity index (χ4n) is 3.87. The van der Waals surface area contributed by atoms with Gasteiger partial charge in [-0.3, -0.25) is 9.10 Å². The van der Waals surface area contributed by atoms with Gasteiger partial charge in [0.05, 0.1) is 17.1 Å². The van der Waals surface area contributed by atoms with E-state index in [0.717, 1.165) is 5.56 Å². The van der Waals surface area contributed by atoms with Gasteiger partial charge in [0.1, 0.15) is 5.75 Å². The van der Waals surface area contributed by atoms with E-state index in [0.29, 0.717) is 17.1 Å². The maximum absolute atomic E-state index is 13.5. The first kappa shape index (κ1) is 23.1. The maximum Gasteiger partial charge on any atom is 0.264 e. The van der Waals surface area contributed by atoms with Crippen molar-refractivity contribution in [2.45, 2.75) is 36.8 Å². The third kappa shape index (κ3) is 5.15. The summed E-state index contributed by atoms with van der Waals surface area (Å²) >= 11 is 6.14. The Bertz CT molecular complexity index is 1250. The molecule has 1 amide bonds. The van der Waals surface area contributed by atoms with E-state index in [1.54, 1.807) is 30.3 Å². The Morgan fingerprint density at radius 2 is 1.70 bits per heavy atom. The van der Waals surface area contributed by atoms with Gasteiger partial charge in [0, 0.05) is 10.6 Å². The number of rotatable bonds is 6. The van der Waals surface area contributed by atoms with Crippen LogP contribution in [-0.4, -0.2) is 32.5 Å². The molecule has 0 aliphatic carbocycles. The third-order valence-corrected chi connectivity index (χ3v) is 7.39. The second-order valence-electron chi connectivity index (χ2n) is 8.60. The minimum atomic E-state index is -3.94. The molecule has 1 aliphatic rings. The average molecular weight is 485 g/mol. The van der Waals surface area contributed by atoms with Gasteiger partial charge in [-0.1, -0.05) is 60.1 Å². The zero-order chi connectivity index (χ0) is 23.6. The van der Waals surface area contributed by atoms with Crippen LogP contribution in [0.15, 0.2) is 83.8 Å². The van der Waals surface area contributed by atoms with E-state index >= 15 is 0 Å². The molecule has 0 spiro atoms. The zero-order valence-corrected chi connectivity index (χ0v) is 19.9. The van der Waals surface area contributed by atoms with Crippen molar-refractivity contribution in [3.63, 3.8) is 0 Å². The van der Waals surface area contributed by atoms with Crippen molar-refractivity contribution in [1.29, 1.82) is 0 Å². The minimum Gasteiger partial charge on any atom is -0.476 e. The summed E-state index contributed by atoms with van der Waals surface area (Å²) in [6.45, 7) is 3.68. The van der Waals surface area contributed by atoms with Gasteiger partial charge in [0.15, 0.2) is 6.10 Å². The molecule has 1 aliphatic heterocycles. The lowest BCUT2D eigenvalue weighted by Crippen LogP contribution is -2.55. The first-order valence-corrected chi connectivity index (χ1v) is 12.4. The van der Waals surface area contributed by atoms with Crippen molar-refractivity contribution in [2.24, 2.45) is 0 Å². The molecule has 0 radical (unpaired) electrons. The number of hydrogen-bond donors (Lipinski definition) is 1. The number of nitrogens with one attached hydrogen (secondary N) is 1. The first-order chi connectivity index (χ1) is 15.7.